The quantitative estimate of drug-likeness (QED) is 0.723. The van der Waals surface area contributed by atoms with Gasteiger partial charge in [-0.2, -0.15) is 0 Å². The Balaban J connectivity index is 1.44. The molecule has 0 radical (unpaired) electrons. The van der Waals surface area contributed by atoms with E-state index in [0.717, 1.165) is 0 Å². The standard InChI is InChI=1S/C19H26N4O5/c1-20-17(24)10-22(2)18(25)11-23-7-5-13(6-8-23)19(26)21-14-3-4-15-16(9-14)28-12-27-15/h3-4,9,13H,5-8,10-12H2,1-2H3,(H,20,24)(H,21,26). The number of nitrogens with one attached hydrogen (secondary N) is 2. The first-order valence-corrected chi connectivity index (χ1v) is 9.33. The average molecular weight is 390 g/mol. The van der Waals surface area contributed by atoms with Crippen molar-refractivity contribution < 1.29 is 23.9 Å². The molecule has 2 N–H and O–H groups in total. The minimum Gasteiger partial charge on any atom is -0.454 e. The lowest BCUT2D eigenvalue weighted by atomic mass is 9.95. The Morgan fingerprint density at radius 1 is 1.18 bits per heavy atom. The molecule has 2 aliphatic heterocycles. The fourth-order valence-corrected chi connectivity index (χ4v) is 3.27. The topological polar surface area (TPSA) is 100 Å². The summed E-state index contributed by atoms with van der Waals surface area (Å²) in [6.45, 7) is 1.83. The summed E-state index contributed by atoms with van der Waals surface area (Å²) in [6.07, 6.45) is 1.37. The van der Waals surface area contributed by atoms with Gasteiger partial charge in [0.1, 0.15) is 0 Å². The van der Waals surface area contributed by atoms with E-state index in [0.29, 0.717) is 43.1 Å². The third kappa shape index (κ3) is 4.92. The molecule has 2 heterocycles. The Labute approximate surface area is 163 Å². The lowest BCUT2D eigenvalue weighted by Gasteiger charge is -2.31. The maximum Gasteiger partial charge on any atom is 0.239 e. The molecular formula is C19H26N4O5. The number of nitrogens with zero attached hydrogens (tertiary/aromatic N) is 2. The first kappa shape index (κ1) is 19.9. The molecule has 28 heavy (non-hydrogen) atoms. The van der Waals surface area contributed by atoms with Crippen LogP contribution in [0, 0.1) is 5.92 Å². The van der Waals surface area contributed by atoms with Crippen LogP contribution < -0.4 is 20.1 Å². The summed E-state index contributed by atoms with van der Waals surface area (Å²) in [7, 11) is 3.16. The van der Waals surface area contributed by atoms with Crippen LogP contribution in [-0.2, 0) is 14.4 Å². The minimum absolute atomic E-state index is 0.0263. The van der Waals surface area contributed by atoms with Crippen molar-refractivity contribution >= 4 is 23.4 Å². The van der Waals surface area contributed by atoms with Gasteiger partial charge in [-0.1, -0.05) is 0 Å². The summed E-state index contributed by atoms with van der Waals surface area (Å²) in [6, 6.07) is 5.33. The van der Waals surface area contributed by atoms with Crippen molar-refractivity contribution in [1.29, 1.82) is 0 Å². The van der Waals surface area contributed by atoms with Gasteiger partial charge in [-0.3, -0.25) is 19.3 Å². The maximum absolute atomic E-state index is 12.5. The molecule has 0 spiro atoms. The Bertz CT molecular complexity index is 746. The molecule has 9 nitrogen and oxygen atoms in total. The van der Waals surface area contributed by atoms with E-state index >= 15 is 0 Å². The van der Waals surface area contributed by atoms with Crippen molar-refractivity contribution in [3.05, 3.63) is 18.2 Å². The molecule has 0 bridgehead atoms. The van der Waals surface area contributed by atoms with E-state index in [2.05, 4.69) is 10.6 Å². The number of carbonyl (C=O) groups excluding carboxylic acids is 3. The zero-order valence-corrected chi connectivity index (χ0v) is 16.2. The van der Waals surface area contributed by atoms with Gasteiger partial charge in [-0.15, -0.1) is 0 Å². The molecule has 9 heteroatoms. The van der Waals surface area contributed by atoms with Crippen molar-refractivity contribution in [2.45, 2.75) is 12.8 Å². The highest BCUT2D eigenvalue weighted by atomic mass is 16.7. The monoisotopic (exact) mass is 390 g/mol. The van der Waals surface area contributed by atoms with Gasteiger partial charge in [0.2, 0.25) is 24.5 Å². The van der Waals surface area contributed by atoms with Gasteiger partial charge in [-0.05, 0) is 38.1 Å². The summed E-state index contributed by atoms with van der Waals surface area (Å²) in [4.78, 5) is 39.6. The van der Waals surface area contributed by atoms with Crippen LogP contribution in [0.3, 0.4) is 0 Å². The highest BCUT2D eigenvalue weighted by Gasteiger charge is 2.27. The Morgan fingerprint density at radius 2 is 1.89 bits per heavy atom. The van der Waals surface area contributed by atoms with Crippen LogP contribution in [0.2, 0.25) is 0 Å². The smallest absolute Gasteiger partial charge is 0.239 e. The number of carbonyl (C=O) groups is 3. The van der Waals surface area contributed by atoms with Crippen LogP contribution in [0.25, 0.3) is 0 Å². The molecular weight excluding hydrogens is 364 g/mol. The number of piperidine rings is 1. The largest absolute Gasteiger partial charge is 0.454 e. The minimum atomic E-state index is -0.199. The molecule has 0 atom stereocenters. The Hall–Kier alpha value is -2.81. The van der Waals surface area contributed by atoms with Gasteiger partial charge in [0.05, 0.1) is 13.1 Å². The number of anilines is 1. The Kier molecular flexibility index (Phi) is 6.35. The number of benzene rings is 1. The molecule has 3 amide bonds. The van der Waals surface area contributed by atoms with Gasteiger partial charge >= 0.3 is 0 Å². The van der Waals surface area contributed by atoms with Crippen LogP contribution in [-0.4, -0.2) is 74.6 Å². The lowest BCUT2D eigenvalue weighted by molar-refractivity contribution is -0.135. The lowest BCUT2D eigenvalue weighted by Crippen LogP contribution is -2.45. The van der Waals surface area contributed by atoms with E-state index in [1.807, 2.05) is 4.90 Å². The van der Waals surface area contributed by atoms with Gasteiger partial charge in [0.25, 0.3) is 0 Å². The molecule has 1 fully saturated rings. The van der Waals surface area contributed by atoms with E-state index in [9.17, 15) is 14.4 Å². The second-order valence-corrected chi connectivity index (χ2v) is 7.03. The van der Waals surface area contributed by atoms with Gasteiger partial charge in [0.15, 0.2) is 11.5 Å². The fraction of sp³-hybridized carbons (Fsp3) is 0.526. The molecule has 0 aromatic heterocycles. The zero-order valence-electron chi connectivity index (χ0n) is 16.2. The predicted molar refractivity (Wildman–Crippen MR) is 102 cm³/mol. The number of hydrogen-bond acceptors (Lipinski definition) is 6. The van der Waals surface area contributed by atoms with E-state index in [1.165, 1.54) is 4.90 Å². The number of likely N-dealkylation sites (tertiary alicyclic amines) is 1. The van der Waals surface area contributed by atoms with E-state index < -0.39 is 0 Å². The van der Waals surface area contributed by atoms with Crippen LogP contribution in [0.1, 0.15) is 12.8 Å². The number of rotatable bonds is 6. The second-order valence-electron chi connectivity index (χ2n) is 7.03. The number of amides is 3. The first-order valence-electron chi connectivity index (χ1n) is 9.33. The van der Waals surface area contributed by atoms with Crippen LogP contribution in [0.15, 0.2) is 18.2 Å². The zero-order chi connectivity index (χ0) is 20.1. The summed E-state index contributed by atoms with van der Waals surface area (Å²) in [5.74, 6) is 0.882. The highest BCUT2D eigenvalue weighted by molar-refractivity contribution is 5.93. The SMILES string of the molecule is CNC(=O)CN(C)C(=O)CN1CCC(C(=O)Nc2ccc3c(c2)OCO3)CC1. The molecule has 1 aromatic rings. The maximum atomic E-state index is 12.5. The number of hydrogen-bond donors (Lipinski definition) is 2. The molecule has 2 aliphatic rings. The third-order valence-electron chi connectivity index (χ3n) is 5.04. The number of likely N-dealkylation sites (N-methyl/N-ethyl adjacent to an activating group) is 2. The van der Waals surface area contributed by atoms with E-state index in [1.54, 1.807) is 32.3 Å². The molecule has 152 valence electrons. The van der Waals surface area contributed by atoms with Crippen LogP contribution in [0.4, 0.5) is 5.69 Å². The van der Waals surface area contributed by atoms with Crippen molar-refractivity contribution in [2.24, 2.45) is 5.92 Å². The summed E-state index contributed by atoms with van der Waals surface area (Å²) in [5, 5.41) is 5.43. The molecule has 0 aliphatic carbocycles. The van der Waals surface area contributed by atoms with Gasteiger partial charge in [-0.25, -0.2) is 0 Å². The van der Waals surface area contributed by atoms with Gasteiger partial charge < -0.3 is 25.0 Å². The molecule has 1 aromatic carbocycles. The second kappa shape index (κ2) is 8.92. The predicted octanol–water partition coefficient (Wildman–Crippen LogP) is 0.270. The van der Waals surface area contributed by atoms with Gasteiger partial charge in [0, 0.05) is 31.8 Å². The summed E-state index contributed by atoms with van der Waals surface area (Å²) >= 11 is 0. The first-order chi connectivity index (χ1) is 13.5. The fourth-order valence-electron chi connectivity index (χ4n) is 3.27. The highest BCUT2D eigenvalue weighted by Crippen LogP contribution is 2.34. The summed E-state index contributed by atoms with van der Waals surface area (Å²) in [5.41, 5.74) is 0.683. The Morgan fingerprint density at radius 3 is 2.61 bits per heavy atom. The molecule has 0 saturated carbocycles. The number of fused-ring (bicyclic) bond motifs is 1. The molecule has 3 rings (SSSR count). The summed E-state index contributed by atoms with van der Waals surface area (Å²) < 4.78 is 10.6. The third-order valence-corrected chi connectivity index (χ3v) is 5.04. The van der Waals surface area contributed by atoms with Crippen LogP contribution >= 0.6 is 0 Å². The van der Waals surface area contributed by atoms with Crippen molar-refractivity contribution in [2.75, 3.05) is 52.4 Å². The number of ether oxygens (including phenoxy) is 2. The van der Waals surface area contributed by atoms with Crippen molar-refractivity contribution in [3.8, 4) is 11.5 Å². The molecule has 0 unspecified atom stereocenters. The van der Waals surface area contributed by atoms with Crippen LogP contribution in [0.5, 0.6) is 11.5 Å². The van der Waals surface area contributed by atoms with Crippen molar-refractivity contribution in [3.63, 3.8) is 0 Å². The normalized spacial score (nSPS) is 16.5. The van der Waals surface area contributed by atoms with E-state index in [4.69, 9.17) is 9.47 Å². The molecule has 1 saturated heterocycles. The van der Waals surface area contributed by atoms with E-state index in [-0.39, 0.29) is 43.5 Å². The average Bonchev–Trinajstić information content (AvgIpc) is 3.16. The van der Waals surface area contributed by atoms with Crippen molar-refractivity contribution in [1.82, 2.24) is 15.1 Å².